The summed E-state index contributed by atoms with van der Waals surface area (Å²) in [5.41, 5.74) is 0.649. The Hall–Kier alpha value is -1.53. The molecule has 29 heavy (non-hydrogen) atoms. The normalized spacial score (nSPS) is 47.7. The lowest BCUT2D eigenvalue weighted by atomic mass is 9.46. The van der Waals surface area contributed by atoms with E-state index in [4.69, 9.17) is 9.47 Å². The van der Waals surface area contributed by atoms with Crippen molar-refractivity contribution in [2.75, 3.05) is 6.61 Å². The lowest BCUT2D eigenvalue weighted by molar-refractivity contribution is -0.163. The largest absolute Gasteiger partial charge is 0.458 e. The first kappa shape index (κ1) is 19.4. The zero-order chi connectivity index (χ0) is 20.6. The van der Waals surface area contributed by atoms with E-state index in [2.05, 4.69) is 6.92 Å². The first-order valence-corrected chi connectivity index (χ1v) is 11.0. The number of ether oxygens (including phenoxy) is 2. The second-order valence-electron chi connectivity index (χ2n) is 10.1. The molecule has 2 bridgehead atoms. The van der Waals surface area contributed by atoms with Gasteiger partial charge in [-0.1, -0.05) is 12.5 Å². The van der Waals surface area contributed by atoms with Crippen molar-refractivity contribution in [3.63, 3.8) is 0 Å². The smallest absolute Gasteiger partial charge is 0.303 e. The zero-order valence-corrected chi connectivity index (χ0v) is 17.2. The van der Waals surface area contributed by atoms with Crippen molar-refractivity contribution in [3.05, 3.63) is 11.6 Å². The van der Waals surface area contributed by atoms with Crippen LogP contribution in [0.2, 0.25) is 0 Å². The SMILES string of the molecule is CC(=O)OCC(=O)[C@H]1CC[C@H]2[C@@H]3CCC4=CC(=O)CC[C@]4(C)[C@H]3[C@H]3C[C@]12[C@H](O)O3. The highest BCUT2D eigenvalue weighted by molar-refractivity contribution is 5.91. The molecule has 4 fully saturated rings. The van der Waals surface area contributed by atoms with E-state index in [9.17, 15) is 19.5 Å². The van der Waals surface area contributed by atoms with E-state index in [1.807, 2.05) is 6.08 Å². The van der Waals surface area contributed by atoms with Gasteiger partial charge < -0.3 is 14.6 Å². The molecule has 1 saturated heterocycles. The summed E-state index contributed by atoms with van der Waals surface area (Å²) in [5, 5.41) is 11.1. The predicted molar refractivity (Wildman–Crippen MR) is 102 cm³/mol. The maximum Gasteiger partial charge on any atom is 0.303 e. The molecular weight excluding hydrogens is 372 g/mol. The molecule has 1 heterocycles. The molecule has 8 atom stereocenters. The van der Waals surface area contributed by atoms with Crippen LogP contribution in [0.25, 0.3) is 0 Å². The lowest BCUT2D eigenvalue weighted by Crippen LogP contribution is -2.55. The average Bonchev–Trinajstić information content (AvgIpc) is 3.19. The monoisotopic (exact) mass is 402 g/mol. The highest BCUT2D eigenvalue weighted by Crippen LogP contribution is 2.71. The highest BCUT2D eigenvalue weighted by Gasteiger charge is 2.71. The van der Waals surface area contributed by atoms with Crippen LogP contribution in [0.1, 0.15) is 58.8 Å². The van der Waals surface area contributed by atoms with Crippen LogP contribution in [0.4, 0.5) is 0 Å². The van der Waals surface area contributed by atoms with Crippen LogP contribution in [0.3, 0.4) is 0 Å². The summed E-state index contributed by atoms with van der Waals surface area (Å²) in [6, 6.07) is 0. The van der Waals surface area contributed by atoms with Crippen molar-refractivity contribution >= 4 is 17.5 Å². The van der Waals surface area contributed by atoms with Crippen LogP contribution < -0.4 is 0 Å². The molecule has 1 spiro atoms. The molecule has 3 saturated carbocycles. The Morgan fingerprint density at radius 2 is 2.07 bits per heavy atom. The third-order valence-corrected chi connectivity index (χ3v) is 9.05. The molecule has 1 aliphatic heterocycles. The number of fused-ring (bicyclic) bond motifs is 6. The standard InChI is InChI=1S/C23H30O6/c1-12(24)28-11-18(26)17-6-5-16-15-4-3-13-9-14(25)7-8-22(13,2)20(15)19-10-23(16,17)21(27)29-19/h9,15-17,19-21,27H,3-8,10-11H2,1-2H3/t15-,16-,17+,19+,20+,21+,22-,23+/m0/s1. The molecule has 1 N–H and O–H groups in total. The van der Waals surface area contributed by atoms with E-state index in [0.29, 0.717) is 18.8 Å². The van der Waals surface area contributed by atoms with E-state index >= 15 is 0 Å². The van der Waals surface area contributed by atoms with E-state index in [1.165, 1.54) is 12.5 Å². The quantitative estimate of drug-likeness (QED) is 0.730. The first-order chi connectivity index (χ1) is 13.8. The topological polar surface area (TPSA) is 89.9 Å². The average molecular weight is 402 g/mol. The summed E-state index contributed by atoms with van der Waals surface area (Å²) in [7, 11) is 0. The molecule has 6 nitrogen and oxygen atoms in total. The number of rotatable bonds is 3. The Kier molecular flexibility index (Phi) is 4.34. The molecular formula is C23H30O6. The minimum absolute atomic E-state index is 0.0580. The second-order valence-corrected chi connectivity index (χ2v) is 10.1. The van der Waals surface area contributed by atoms with Gasteiger partial charge in [0.1, 0.15) is 6.61 Å². The Morgan fingerprint density at radius 3 is 2.83 bits per heavy atom. The molecule has 0 aromatic carbocycles. The molecule has 0 amide bonds. The van der Waals surface area contributed by atoms with Gasteiger partial charge in [-0.15, -0.1) is 0 Å². The third-order valence-electron chi connectivity index (χ3n) is 9.05. The van der Waals surface area contributed by atoms with Crippen LogP contribution in [0.15, 0.2) is 11.6 Å². The molecule has 5 rings (SSSR count). The van der Waals surface area contributed by atoms with Gasteiger partial charge in [-0.25, -0.2) is 0 Å². The summed E-state index contributed by atoms with van der Waals surface area (Å²) >= 11 is 0. The number of carbonyl (C=O) groups is 3. The molecule has 4 aliphatic carbocycles. The fraction of sp³-hybridized carbons (Fsp3) is 0.783. The lowest BCUT2D eigenvalue weighted by Gasteiger charge is -2.57. The number of hydrogen-bond acceptors (Lipinski definition) is 6. The number of carbonyl (C=O) groups excluding carboxylic acids is 3. The van der Waals surface area contributed by atoms with E-state index in [0.717, 1.165) is 32.1 Å². The van der Waals surface area contributed by atoms with Gasteiger partial charge in [0.25, 0.3) is 0 Å². The van der Waals surface area contributed by atoms with Crippen LogP contribution in [-0.4, -0.2) is 41.6 Å². The maximum absolute atomic E-state index is 12.9. The van der Waals surface area contributed by atoms with Crippen LogP contribution in [0, 0.1) is 34.5 Å². The Bertz CT molecular complexity index is 801. The fourth-order valence-corrected chi connectivity index (χ4v) is 7.96. The summed E-state index contributed by atoms with van der Waals surface area (Å²) < 4.78 is 11.2. The van der Waals surface area contributed by atoms with Crippen LogP contribution in [0.5, 0.6) is 0 Å². The van der Waals surface area contributed by atoms with Crippen molar-refractivity contribution < 1.29 is 29.0 Å². The Labute approximate surface area is 171 Å². The predicted octanol–water partition coefficient (Wildman–Crippen LogP) is 2.57. The minimum atomic E-state index is -0.946. The van der Waals surface area contributed by atoms with Gasteiger partial charge in [-0.3, -0.25) is 14.4 Å². The van der Waals surface area contributed by atoms with E-state index < -0.39 is 17.7 Å². The van der Waals surface area contributed by atoms with Crippen LogP contribution in [-0.2, 0) is 23.9 Å². The number of hydrogen-bond donors (Lipinski definition) is 1. The van der Waals surface area contributed by atoms with Crippen molar-refractivity contribution in [1.82, 2.24) is 0 Å². The van der Waals surface area contributed by atoms with Gasteiger partial charge in [0.2, 0.25) is 0 Å². The second kappa shape index (κ2) is 6.48. The van der Waals surface area contributed by atoms with Gasteiger partial charge in [0.15, 0.2) is 17.9 Å². The molecule has 5 aliphatic rings. The zero-order valence-electron chi connectivity index (χ0n) is 17.2. The van der Waals surface area contributed by atoms with Crippen molar-refractivity contribution in [3.8, 4) is 0 Å². The summed E-state index contributed by atoms with van der Waals surface area (Å²) in [6.45, 7) is 3.37. The molecule has 0 aromatic rings. The number of ketones is 2. The molecule has 6 heteroatoms. The van der Waals surface area contributed by atoms with Gasteiger partial charge >= 0.3 is 5.97 Å². The number of esters is 1. The van der Waals surface area contributed by atoms with E-state index in [1.54, 1.807) is 0 Å². The fourth-order valence-electron chi connectivity index (χ4n) is 7.96. The van der Waals surface area contributed by atoms with Crippen molar-refractivity contribution in [2.45, 2.75) is 71.2 Å². The summed E-state index contributed by atoms with van der Waals surface area (Å²) in [5.74, 6) is 0.289. The number of allylic oxidation sites excluding steroid dienone is 1. The molecule has 158 valence electrons. The third kappa shape index (κ3) is 2.57. The van der Waals surface area contributed by atoms with Gasteiger partial charge in [0, 0.05) is 24.7 Å². The van der Waals surface area contributed by atoms with Gasteiger partial charge in [-0.05, 0) is 67.8 Å². The van der Waals surface area contributed by atoms with Gasteiger partial charge in [0.05, 0.1) is 6.10 Å². The summed E-state index contributed by atoms with van der Waals surface area (Å²) in [4.78, 5) is 36.1. The number of aliphatic hydroxyl groups is 1. The van der Waals surface area contributed by atoms with Crippen molar-refractivity contribution in [2.24, 2.45) is 34.5 Å². The summed E-state index contributed by atoms with van der Waals surface area (Å²) in [6.07, 6.45) is 6.49. The minimum Gasteiger partial charge on any atom is -0.458 e. The first-order valence-electron chi connectivity index (χ1n) is 11.0. The number of aliphatic hydroxyl groups excluding tert-OH is 1. The van der Waals surface area contributed by atoms with Crippen LogP contribution >= 0.6 is 0 Å². The molecule has 0 radical (unpaired) electrons. The maximum atomic E-state index is 12.9. The Morgan fingerprint density at radius 1 is 1.28 bits per heavy atom. The number of Topliss-reactive ketones (excluding diaryl/α,β-unsaturated/α-hetero) is 1. The van der Waals surface area contributed by atoms with E-state index in [-0.39, 0.29) is 47.4 Å². The molecule has 0 aromatic heterocycles. The van der Waals surface area contributed by atoms with Crippen molar-refractivity contribution in [1.29, 1.82) is 0 Å². The highest BCUT2D eigenvalue weighted by atomic mass is 16.6. The van der Waals surface area contributed by atoms with Gasteiger partial charge in [-0.2, -0.15) is 0 Å². The Balaban J connectivity index is 1.48. The molecule has 0 unspecified atom stereocenters.